The lowest BCUT2D eigenvalue weighted by Gasteiger charge is -2.36. The number of fused-ring (bicyclic) bond motifs is 1. The lowest BCUT2D eigenvalue weighted by Crippen LogP contribution is -2.52. The second kappa shape index (κ2) is 4.40. The molecule has 0 radical (unpaired) electrons. The molecule has 0 saturated carbocycles. The molecule has 0 bridgehead atoms. The molecular formula is C9H10Cl2N6O. The zero-order chi connectivity index (χ0) is 12.7. The first-order valence-corrected chi connectivity index (χ1v) is 6.26. The highest BCUT2D eigenvalue weighted by Gasteiger charge is 2.36. The number of nitrogens with one attached hydrogen (secondary N) is 1. The van der Waals surface area contributed by atoms with Crippen molar-refractivity contribution in [2.45, 2.75) is 6.04 Å². The van der Waals surface area contributed by atoms with Gasteiger partial charge in [0.25, 0.3) is 0 Å². The van der Waals surface area contributed by atoms with E-state index in [1.807, 2.05) is 9.80 Å². The minimum atomic E-state index is -0.00964. The van der Waals surface area contributed by atoms with E-state index in [1.165, 1.54) is 0 Å². The summed E-state index contributed by atoms with van der Waals surface area (Å²) in [5.41, 5.74) is 0. The Morgan fingerprint density at radius 3 is 2.94 bits per heavy atom. The van der Waals surface area contributed by atoms with Gasteiger partial charge in [0.1, 0.15) is 0 Å². The van der Waals surface area contributed by atoms with Crippen LogP contribution in [0.25, 0.3) is 0 Å². The zero-order valence-electron chi connectivity index (χ0n) is 9.31. The third-order valence-electron chi connectivity index (χ3n) is 3.14. The molecule has 7 nitrogen and oxygen atoms in total. The Labute approximate surface area is 113 Å². The van der Waals surface area contributed by atoms with Crippen LogP contribution in [0.1, 0.15) is 0 Å². The molecule has 0 aromatic carbocycles. The van der Waals surface area contributed by atoms with Gasteiger partial charge in [-0.2, -0.15) is 4.98 Å². The summed E-state index contributed by atoms with van der Waals surface area (Å²) in [4.78, 5) is 19.4. The van der Waals surface area contributed by atoms with E-state index in [1.54, 1.807) is 0 Å². The zero-order valence-corrected chi connectivity index (χ0v) is 10.8. The summed E-state index contributed by atoms with van der Waals surface area (Å²) in [6.45, 7) is 2.58. The SMILES string of the molecule is O=C1NCC2CN(c3nc(Cl)nnc3Cl)CCN12. The lowest BCUT2D eigenvalue weighted by atomic mass is 10.2. The Morgan fingerprint density at radius 1 is 1.28 bits per heavy atom. The number of piperazine rings is 1. The third-order valence-corrected chi connectivity index (χ3v) is 3.54. The van der Waals surface area contributed by atoms with Crippen LogP contribution >= 0.6 is 23.2 Å². The maximum absolute atomic E-state index is 11.5. The van der Waals surface area contributed by atoms with E-state index in [0.29, 0.717) is 32.0 Å². The van der Waals surface area contributed by atoms with Crippen molar-refractivity contribution in [1.29, 1.82) is 0 Å². The molecule has 2 aliphatic rings. The molecule has 0 spiro atoms. The fraction of sp³-hybridized carbons (Fsp3) is 0.556. The summed E-state index contributed by atoms with van der Waals surface area (Å²) >= 11 is 11.7. The number of amides is 2. The first kappa shape index (κ1) is 11.7. The molecule has 1 unspecified atom stereocenters. The highest BCUT2D eigenvalue weighted by molar-refractivity contribution is 6.32. The van der Waals surface area contributed by atoms with Gasteiger partial charge in [-0.3, -0.25) is 0 Å². The Hall–Kier alpha value is -1.34. The number of anilines is 1. The summed E-state index contributed by atoms with van der Waals surface area (Å²) in [6.07, 6.45) is 0. The maximum atomic E-state index is 11.5. The summed E-state index contributed by atoms with van der Waals surface area (Å²) < 4.78 is 0. The number of carbonyl (C=O) groups excluding carboxylic acids is 1. The van der Waals surface area contributed by atoms with Crippen LogP contribution in [-0.2, 0) is 0 Å². The highest BCUT2D eigenvalue weighted by Crippen LogP contribution is 2.25. The molecule has 0 aliphatic carbocycles. The van der Waals surface area contributed by atoms with Crippen molar-refractivity contribution in [1.82, 2.24) is 25.4 Å². The van der Waals surface area contributed by atoms with Gasteiger partial charge in [-0.05, 0) is 11.6 Å². The molecular weight excluding hydrogens is 279 g/mol. The third kappa shape index (κ3) is 1.93. The Morgan fingerprint density at radius 2 is 2.11 bits per heavy atom. The molecule has 2 saturated heterocycles. The molecule has 1 N–H and O–H groups in total. The van der Waals surface area contributed by atoms with E-state index in [4.69, 9.17) is 23.2 Å². The van der Waals surface area contributed by atoms with Gasteiger partial charge in [0, 0.05) is 26.2 Å². The lowest BCUT2D eigenvalue weighted by molar-refractivity contribution is 0.197. The number of carbonyl (C=O) groups is 1. The van der Waals surface area contributed by atoms with E-state index in [0.717, 1.165) is 0 Å². The molecule has 96 valence electrons. The van der Waals surface area contributed by atoms with Gasteiger partial charge in [0.05, 0.1) is 6.04 Å². The number of hydrogen-bond acceptors (Lipinski definition) is 5. The smallest absolute Gasteiger partial charge is 0.317 e. The molecule has 2 fully saturated rings. The van der Waals surface area contributed by atoms with Gasteiger partial charge >= 0.3 is 6.03 Å². The van der Waals surface area contributed by atoms with Gasteiger partial charge in [-0.15, -0.1) is 10.2 Å². The molecule has 18 heavy (non-hydrogen) atoms. The van der Waals surface area contributed by atoms with Gasteiger partial charge in [-0.25, -0.2) is 4.79 Å². The number of aromatic nitrogens is 3. The van der Waals surface area contributed by atoms with Crippen LogP contribution in [0.5, 0.6) is 0 Å². The van der Waals surface area contributed by atoms with Gasteiger partial charge in [0.15, 0.2) is 11.0 Å². The van der Waals surface area contributed by atoms with E-state index < -0.39 is 0 Å². The highest BCUT2D eigenvalue weighted by atomic mass is 35.5. The van der Waals surface area contributed by atoms with Crippen LogP contribution in [0, 0.1) is 0 Å². The predicted molar refractivity (Wildman–Crippen MR) is 66.0 cm³/mol. The van der Waals surface area contributed by atoms with Crippen molar-refractivity contribution in [2.75, 3.05) is 31.1 Å². The Bertz CT molecular complexity index is 498. The van der Waals surface area contributed by atoms with Crippen LogP contribution in [-0.4, -0.2) is 58.3 Å². The van der Waals surface area contributed by atoms with E-state index >= 15 is 0 Å². The average Bonchev–Trinajstić information content (AvgIpc) is 2.74. The molecule has 3 heterocycles. The second-order valence-electron chi connectivity index (χ2n) is 4.17. The van der Waals surface area contributed by atoms with Gasteiger partial charge < -0.3 is 15.1 Å². The topological polar surface area (TPSA) is 74.2 Å². The van der Waals surface area contributed by atoms with Crippen LogP contribution in [0.4, 0.5) is 10.6 Å². The van der Waals surface area contributed by atoms with Crippen LogP contribution in [0.2, 0.25) is 10.4 Å². The van der Waals surface area contributed by atoms with Crippen LogP contribution < -0.4 is 10.2 Å². The predicted octanol–water partition coefficient (Wildman–Crippen LogP) is 0.392. The van der Waals surface area contributed by atoms with Gasteiger partial charge in [-0.1, -0.05) is 11.6 Å². The van der Waals surface area contributed by atoms with Crippen molar-refractivity contribution in [2.24, 2.45) is 0 Å². The van der Waals surface area contributed by atoms with Crippen molar-refractivity contribution in [3.8, 4) is 0 Å². The van der Waals surface area contributed by atoms with Crippen molar-refractivity contribution in [3.63, 3.8) is 0 Å². The van der Waals surface area contributed by atoms with Gasteiger partial charge in [0.2, 0.25) is 5.28 Å². The molecule has 2 aliphatic heterocycles. The summed E-state index contributed by atoms with van der Waals surface area (Å²) in [6, 6.07) is 0.126. The molecule has 1 aromatic rings. The first-order valence-electron chi connectivity index (χ1n) is 5.50. The molecule has 3 rings (SSSR count). The maximum Gasteiger partial charge on any atom is 0.317 e. The molecule has 9 heteroatoms. The standard InChI is InChI=1S/C9H10Cl2N6O/c10-6-7(13-8(11)15-14-6)16-1-2-17-5(4-16)3-12-9(17)18/h5H,1-4H2,(H,12,18). The number of urea groups is 1. The number of rotatable bonds is 1. The summed E-state index contributed by atoms with van der Waals surface area (Å²) in [5.74, 6) is 0.524. The number of hydrogen-bond donors (Lipinski definition) is 1. The summed E-state index contributed by atoms with van der Waals surface area (Å²) in [7, 11) is 0. The number of nitrogens with zero attached hydrogens (tertiary/aromatic N) is 5. The fourth-order valence-corrected chi connectivity index (χ4v) is 2.60. The van der Waals surface area contributed by atoms with Crippen molar-refractivity contribution in [3.05, 3.63) is 10.4 Å². The van der Waals surface area contributed by atoms with E-state index in [2.05, 4.69) is 20.5 Å². The van der Waals surface area contributed by atoms with Crippen molar-refractivity contribution >= 4 is 35.1 Å². The largest absolute Gasteiger partial charge is 0.350 e. The Balaban J connectivity index is 1.82. The van der Waals surface area contributed by atoms with Crippen LogP contribution in [0.3, 0.4) is 0 Å². The normalized spacial score (nSPS) is 23.0. The average molecular weight is 289 g/mol. The first-order chi connectivity index (χ1) is 8.65. The molecule has 1 aromatic heterocycles. The fourth-order valence-electron chi connectivity index (χ4n) is 2.28. The second-order valence-corrected chi connectivity index (χ2v) is 4.87. The Kier molecular flexibility index (Phi) is 2.87. The summed E-state index contributed by atoms with van der Waals surface area (Å²) in [5, 5.41) is 10.4. The molecule has 2 amide bonds. The minimum absolute atomic E-state index is 0.00964. The minimum Gasteiger partial charge on any atom is -0.350 e. The van der Waals surface area contributed by atoms with Crippen LogP contribution in [0.15, 0.2) is 0 Å². The quantitative estimate of drug-likeness (QED) is 0.809. The number of halogens is 2. The monoisotopic (exact) mass is 288 g/mol. The van der Waals surface area contributed by atoms with E-state index in [9.17, 15) is 4.79 Å². The van der Waals surface area contributed by atoms with Crippen molar-refractivity contribution < 1.29 is 4.79 Å². The van der Waals surface area contributed by atoms with E-state index in [-0.39, 0.29) is 22.5 Å². The molecule has 1 atom stereocenters.